The van der Waals surface area contributed by atoms with Crippen LogP contribution in [0.2, 0.25) is 18.1 Å². The van der Waals surface area contributed by atoms with Crippen LogP contribution in [0.4, 0.5) is 11.5 Å². The van der Waals surface area contributed by atoms with Crippen molar-refractivity contribution in [3.05, 3.63) is 17.8 Å². The van der Waals surface area contributed by atoms with Crippen LogP contribution in [0.1, 0.15) is 26.5 Å². The molecule has 24 heavy (non-hydrogen) atoms. The molecule has 5 nitrogen and oxygen atoms in total. The number of aromatic nitrogens is 1. The number of hydrogen-bond acceptors (Lipinski definition) is 5. The molecule has 0 amide bonds. The van der Waals surface area contributed by atoms with Gasteiger partial charge >= 0.3 is 0 Å². The van der Waals surface area contributed by atoms with Crippen molar-refractivity contribution in [1.29, 1.82) is 0 Å². The van der Waals surface area contributed by atoms with Gasteiger partial charge in [-0.05, 0) is 37.2 Å². The number of rotatable bonds is 5. The Morgan fingerprint density at radius 3 is 2.33 bits per heavy atom. The van der Waals surface area contributed by atoms with E-state index >= 15 is 0 Å². The lowest BCUT2D eigenvalue weighted by Crippen LogP contribution is -2.49. The number of piperazine rings is 1. The molecule has 0 aromatic carbocycles. The molecular weight excluding hydrogens is 316 g/mol. The molecule has 6 heteroatoms. The van der Waals surface area contributed by atoms with Crippen LogP contribution in [0.15, 0.2) is 12.1 Å². The molecule has 1 aliphatic rings. The Hall–Kier alpha value is -1.11. The highest BCUT2D eigenvalue weighted by Gasteiger charge is 2.37. The normalized spacial score (nSPS) is 17.3. The van der Waals surface area contributed by atoms with Crippen molar-refractivity contribution in [2.45, 2.75) is 45.8 Å². The second kappa shape index (κ2) is 7.41. The highest BCUT2D eigenvalue weighted by Crippen LogP contribution is 2.36. The number of nitrogens with zero attached hydrogens (tertiary/aromatic N) is 3. The summed E-state index contributed by atoms with van der Waals surface area (Å²) in [5, 5.41) is 0.283. The number of anilines is 2. The third kappa shape index (κ3) is 4.71. The standard InChI is InChI=1S/C18H34N4OSi/c1-15-16(7-8-17(19)20-15)22-11-9-21(10-12-22)13-14-23-24(5,6)18(2,3)4/h7-8H,9-14H2,1-6H3,(H2,19,20). The van der Waals surface area contributed by atoms with Gasteiger partial charge in [-0.25, -0.2) is 4.98 Å². The molecule has 0 saturated carbocycles. The predicted octanol–water partition coefficient (Wildman–Crippen LogP) is 3.12. The first-order valence-corrected chi connectivity index (χ1v) is 11.9. The van der Waals surface area contributed by atoms with E-state index in [9.17, 15) is 0 Å². The monoisotopic (exact) mass is 350 g/mol. The first-order valence-electron chi connectivity index (χ1n) is 8.94. The van der Waals surface area contributed by atoms with Gasteiger partial charge < -0.3 is 15.1 Å². The molecule has 1 saturated heterocycles. The second-order valence-corrected chi connectivity index (χ2v) is 13.1. The smallest absolute Gasteiger partial charge is 0.192 e. The van der Waals surface area contributed by atoms with Gasteiger partial charge in [-0.1, -0.05) is 20.8 Å². The maximum atomic E-state index is 6.30. The average molecular weight is 351 g/mol. The van der Waals surface area contributed by atoms with Crippen LogP contribution < -0.4 is 10.6 Å². The summed E-state index contributed by atoms with van der Waals surface area (Å²) in [6.07, 6.45) is 0. The maximum Gasteiger partial charge on any atom is 0.192 e. The van der Waals surface area contributed by atoms with Crippen molar-refractivity contribution in [3.8, 4) is 0 Å². The number of nitrogens with two attached hydrogens (primary N) is 1. The molecule has 1 aromatic rings. The van der Waals surface area contributed by atoms with Crippen LogP contribution in [-0.4, -0.2) is 57.5 Å². The fourth-order valence-electron chi connectivity index (χ4n) is 2.77. The Balaban J connectivity index is 1.79. The van der Waals surface area contributed by atoms with Gasteiger partial charge in [0.1, 0.15) is 5.82 Å². The third-order valence-corrected chi connectivity index (χ3v) is 10.0. The number of aryl methyl sites for hydroxylation is 1. The Morgan fingerprint density at radius 1 is 1.17 bits per heavy atom. The SMILES string of the molecule is Cc1nc(N)ccc1N1CCN(CCO[Si](C)(C)C(C)(C)C)CC1. The molecular formula is C18H34N4OSi. The van der Waals surface area contributed by atoms with Crippen LogP contribution >= 0.6 is 0 Å². The molecule has 1 aliphatic heterocycles. The van der Waals surface area contributed by atoms with E-state index < -0.39 is 8.32 Å². The van der Waals surface area contributed by atoms with Crippen molar-refractivity contribution < 1.29 is 4.43 Å². The van der Waals surface area contributed by atoms with Crippen molar-refractivity contribution in [3.63, 3.8) is 0 Å². The third-order valence-electron chi connectivity index (χ3n) is 5.47. The van der Waals surface area contributed by atoms with E-state index in [4.69, 9.17) is 10.2 Å². The van der Waals surface area contributed by atoms with E-state index in [0.717, 1.165) is 45.0 Å². The predicted molar refractivity (Wildman–Crippen MR) is 105 cm³/mol. The van der Waals surface area contributed by atoms with Crippen LogP contribution in [0.25, 0.3) is 0 Å². The molecule has 2 N–H and O–H groups in total. The summed E-state index contributed by atoms with van der Waals surface area (Å²) in [7, 11) is -1.63. The summed E-state index contributed by atoms with van der Waals surface area (Å²) in [5.74, 6) is 0.595. The van der Waals surface area contributed by atoms with Crippen LogP contribution in [0.5, 0.6) is 0 Å². The highest BCUT2D eigenvalue weighted by atomic mass is 28.4. The molecule has 0 spiro atoms. The maximum absolute atomic E-state index is 6.30. The first kappa shape index (κ1) is 19.2. The summed E-state index contributed by atoms with van der Waals surface area (Å²) < 4.78 is 6.30. The van der Waals surface area contributed by atoms with Crippen molar-refractivity contribution in [2.75, 3.05) is 50.0 Å². The molecule has 0 aliphatic carbocycles. The summed E-state index contributed by atoms with van der Waals surface area (Å²) in [6.45, 7) is 19.6. The summed E-state index contributed by atoms with van der Waals surface area (Å²) in [6, 6.07) is 3.98. The minimum Gasteiger partial charge on any atom is -0.416 e. The molecule has 0 unspecified atom stereocenters. The summed E-state index contributed by atoms with van der Waals surface area (Å²) in [5.41, 5.74) is 7.98. The molecule has 1 fully saturated rings. The van der Waals surface area contributed by atoms with Gasteiger partial charge in [0.25, 0.3) is 0 Å². The van der Waals surface area contributed by atoms with E-state index in [-0.39, 0.29) is 5.04 Å². The molecule has 0 atom stereocenters. The largest absolute Gasteiger partial charge is 0.416 e. The van der Waals surface area contributed by atoms with E-state index in [1.54, 1.807) is 0 Å². The van der Waals surface area contributed by atoms with Crippen molar-refractivity contribution in [1.82, 2.24) is 9.88 Å². The molecule has 2 heterocycles. The van der Waals surface area contributed by atoms with Gasteiger partial charge in [0.05, 0.1) is 11.4 Å². The minimum absolute atomic E-state index is 0.283. The topological polar surface area (TPSA) is 54.6 Å². The zero-order chi connectivity index (χ0) is 18.0. The lowest BCUT2D eigenvalue weighted by atomic mass is 10.2. The van der Waals surface area contributed by atoms with Gasteiger partial charge in [0.2, 0.25) is 0 Å². The van der Waals surface area contributed by atoms with E-state index in [1.165, 1.54) is 5.69 Å². The fourth-order valence-corrected chi connectivity index (χ4v) is 3.80. The molecule has 1 aromatic heterocycles. The van der Waals surface area contributed by atoms with Gasteiger partial charge in [0, 0.05) is 39.3 Å². The van der Waals surface area contributed by atoms with Crippen LogP contribution in [0.3, 0.4) is 0 Å². The van der Waals surface area contributed by atoms with E-state index in [1.807, 2.05) is 13.0 Å². The van der Waals surface area contributed by atoms with E-state index in [0.29, 0.717) is 5.82 Å². The van der Waals surface area contributed by atoms with Gasteiger partial charge in [-0.15, -0.1) is 0 Å². The Bertz CT molecular complexity index is 548. The highest BCUT2D eigenvalue weighted by molar-refractivity contribution is 6.74. The number of nitrogen functional groups attached to an aromatic ring is 1. The summed E-state index contributed by atoms with van der Waals surface area (Å²) in [4.78, 5) is 9.29. The summed E-state index contributed by atoms with van der Waals surface area (Å²) >= 11 is 0. The Labute approximate surface area is 148 Å². The molecule has 136 valence electrons. The Morgan fingerprint density at radius 2 is 1.79 bits per heavy atom. The first-order chi connectivity index (χ1) is 11.1. The van der Waals surface area contributed by atoms with Crippen molar-refractivity contribution in [2.24, 2.45) is 0 Å². The van der Waals surface area contributed by atoms with Gasteiger partial charge in [-0.2, -0.15) is 0 Å². The second-order valence-electron chi connectivity index (χ2n) is 8.28. The lowest BCUT2D eigenvalue weighted by Gasteiger charge is -2.39. The van der Waals surface area contributed by atoms with Gasteiger partial charge in [-0.3, -0.25) is 4.90 Å². The number of hydrogen-bond donors (Lipinski definition) is 1. The van der Waals surface area contributed by atoms with Gasteiger partial charge in [0.15, 0.2) is 8.32 Å². The fraction of sp³-hybridized carbons (Fsp3) is 0.722. The zero-order valence-electron chi connectivity index (χ0n) is 16.2. The molecule has 2 rings (SSSR count). The van der Waals surface area contributed by atoms with Crippen LogP contribution in [0, 0.1) is 6.92 Å². The van der Waals surface area contributed by atoms with Crippen molar-refractivity contribution >= 4 is 19.8 Å². The quantitative estimate of drug-likeness (QED) is 0.827. The van der Waals surface area contributed by atoms with E-state index in [2.05, 4.69) is 54.7 Å². The zero-order valence-corrected chi connectivity index (χ0v) is 17.2. The lowest BCUT2D eigenvalue weighted by molar-refractivity contribution is 0.191. The van der Waals surface area contributed by atoms with Crippen LogP contribution in [-0.2, 0) is 4.43 Å². The average Bonchev–Trinajstić information content (AvgIpc) is 2.47. The number of pyridine rings is 1. The molecule has 0 radical (unpaired) electrons. The minimum atomic E-state index is -1.63. The Kier molecular flexibility index (Phi) is 5.94. The molecule has 0 bridgehead atoms.